The maximum absolute atomic E-state index is 3.78. The molecule has 2 heteroatoms. The van der Waals surface area contributed by atoms with Crippen LogP contribution in [0, 0.1) is 11.3 Å². The zero-order valence-corrected chi connectivity index (χ0v) is 14.8. The highest BCUT2D eigenvalue weighted by atomic mass is 15.1. The third-order valence-electron chi connectivity index (χ3n) is 5.73. The third kappa shape index (κ3) is 6.28. The van der Waals surface area contributed by atoms with Gasteiger partial charge in [-0.2, -0.15) is 0 Å². The molecule has 1 aliphatic carbocycles. The van der Waals surface area contributed by atoms with E-state index in [1.165, 1.54) is 84.0 Å². The lowest BCUT2D eigenvalue weighted by molar-refractivity contribution is 0.207. The van der Waals surface area contributed by atoms with Gasteiger partial charge >= 0.3 is 0 Å². The van der Waals surface area contributed by atoms with Gasteiger partial charge in [0.25, 0.3) is 0 Å². The van der Waals surface area contributed by atoms with Crippen LogP contribution in [0.2, 0.25) is 0 Å². The Labute approximate surface area is 133 Å². The Kier molecular flexibility index (Phi) is 7.01. The molecule has 2 nitrogen and oxygen atoms in total. The van der Waals surface area contributed by atoms with E-state index in [0.29, 0.717) is 5.41 Å². The molecule has 1 saturated heterocycles. The minimum Gasteiger partial charge on any atom is -0.314 e. The number of nitrogens with zero attached hydrogens (tertiary/aromatic N) is 1. The fourth-order valence-electron chi connectivity index (χ4n) is 4.16. The zero-order chi connectivity index (χ0) is 15.1. The summed E-state index contributed by atoms with van der Waals surface area (Å²) in [7, 11) is 0. The number of nitrogens with one attached hydrogen (secondary N) is 1. The summed E-state index contributed by atoms with van der Waals surface area (Å²) in [5, 5.41) is 3.78. The van der Waals surface area contributed by atoms with E-state index in [9.17, 15) is 0 Å². The van der Waals surface area contributed by atoms with Crippen LogP contribution in [0.5, 0.6) is 0 Å². The molecule has 2 aliphatic rings. The van der Waals surface area contributed by atoms with Gasteiger partial charge in [0.15, 0.2) is 0 Å². The standard InChI is InChI=1S/C19H38N2/c1-19(2,3)17-9-7-14-21(16-12-17)15-8-13-20-18-10-5-4-6-11-18/h17-18,20H,4-16H2,1-3H3. The van der Waals surface area contributed by atoms with Crippen LogP contribution in [0.1, 0.15) is 78.6 Å². The monoisotopic (exact) mass is 294 g/mol. The van der Waals surface area contributed by atoms with Gasteiger partial charge in [0.1, 0.15) is 0 Å². The highest BCUT2D eigenvalue weighted by Crippen LogP contribution is 2.34. The molecule has 1 unspecified atom stereocenters. The molecule has 0 radical (unpaired) electrons. The van der Waals surface area contributed by atoms with E-state index in [2.05, 4.69) is 31.0 Å². The summed E-state index contributed by atoms with van der Waals surface area (Å²) in [6.07, 6.45) is 12.7. The van der Waals surface area contributed by atoms with Gasteiger partial charge in [0.2, 0.25) is 0 Å². The summed E-state index contributed by atoms with van der Waals surface area (Å²) in [5.74, 6) is 0.919. The maximum Gasteiger partial charge on any atom is 0.00670 e. The summed E-state index contributed by atoms with van der Waals surface area (Å²) in [6.45, 7) is 12.4. The van der Waals surface area contributed by atoms with Crippen molar-refractivity contribution in [3.05, 3.63) is 0 Å². The lowest BCUT2D eigenvalue weighted by atomic mass is 9.77. The summed E-state index contributed by atoms with van der Waals surface area (Å²) >= 11 is 0. The van der Waals surface area contributed by atoms with Gasteiger partial charge < -0.3 is 10.2 Å². The van der Waals surface area contributed by atoms with Gasteiger partial charge in [-0.1, -0.05) is 40.0 Å². The summed E-state index contributed by atoms with van der Waals surface area (Å²) in [5.41, 5.74) is 0.499. The fraction of sp³-hybridized carbons (Fsp3) is 1.00. The molecular weight excluding hydrogens is 256 g/mol. The molecule has 0 bridgehead atoms. The molecule has 1 atom stereocenters. The number of hydrogen-bond acceptors (Lipinski definition) is 2. The SMILES string of the molecule is CC(C)(C)C1CCCN(CCCNC2CCCCC2)CC1. The highest BCUT2D eigenvalue weighted by molar-refractivity contribution is 4.79. The molecule has 0 aromatic heterocycles. The predicted octanol–water partition coefficient (Wildman–Crippen LogP) is 4.45. The third-order valence-corrected chi connectivity index (χ3v) is 5.73. The van der Waals surface area contributed by atoms with Crippen LogP contribution in [0.4, 0.5) is 0 Å². The molecule has 0 spiro atoms. The van der Waals surface area contributed by atoms with Crippen molar-refractivity contribution < 1.29 is 0 Å². The Morgan fingerprint density at radius 2 is 1.67 bits per heavy atom. The van der Waals surface area contributed by atoms with Gasteiger partial charge in [0, 0.05) is 6.04 Å². The quantitative estimate of drug-likeness (QED) is 0.754. The van der Waals surface area contributed by atoms with E-state index in [0.717, 1.165) is 12.0 Å². The highest BCUT2D eigenvalue weighted by Gasteiger charge is 2.26. The lowest BCUT2D eigenvalue weighted by Gasteiger charge is -2.30. The second kappa shape index (κ2) is 8.53. The number of likely N-dealkylation sites (tertiary alicyclic amines) is 1. The second-order valence-corrected chi connectivity index (χ2v) is 8.48. The average Bonchev–Trinajstić information content (AvgIpc) is 2.70. The topological polar surface area (TPSA) is 15.3 Å². The first-order valence-corrected chi connectivity index (χ1v) is 9.51. The largest absolute Gasteiger partial charge is 0.314 e. The van der Waals surface area contributed by atoms with E-state index in [-0.39, 0.29) is 0 Å². The van der Waals surface area contributed by atoms with Crippen LogP contribution >= 0.6 is 0 Å². The fourth-order valence-corrected chi connectivity index (χ4v) is 4.16. The van der Waals surface area contributed by atoms with Crippen LogP contribution in [-0.2, 0) is 0 Å². The Balaban J connectivity index is 1.58. The Morgan fingerprint density at radius 3 is 2.38 bits per heavy atom. The molecule has 0 aromatic rings. The molecule has 2 rings (SSSR count). The normalized spacial score (nSPS) is 26.7. The molecule has 1 aliphatic heterocycles. The van der Waals surface area contributed by atoms with E-state index in [4.69, 9.17) is 0 Å². The minimum absolute atomic E-state index is 0.499. The van der Waals surface area contributed by atoms with Crippen molar-refractivity contribution >= 4 is 0 Å². The van der Waals surface area contributed by atoms with Crippen molar-refractivity contribution in [3.8, 4) is 0 Å². The molecule has 21 heavy (non-hydrogen) atoms. The van der Waals surface area contributed by atoms with Gasteiger partial charge in [-0.25, -0.2) is 0 Å². The van der Waals surface area contributed by atoms with Crippen molar-refractivity contribution in [1.29, 1.82) is 0 Å². The van der Waals surface area contributed by atoms with Crippen molar-refractivity contribution in [2.45, 2.75) is 84.6 Å². The van der Waals surface area contributed by atoms with E-state index < -0.39 is 0 Å². The van der Waals surface area contributed by atoms with Crippen molar-refractivity contribution in [3.63, 3.8) is 0 Å². The molecule has 0 aromatic carbocycles. The summed E-state index contributed by atoms with van der Waals surface area (Å²) in [4.78, 5) is 2.72. The van der Waals surface area contributed by atoms with Crippen molar-refractivity contribution in [1.82, 2.24) is 10.2 Å². The van der Waals surface area contributed by atoms with Crippen LogP contribution in [0.15, 0.2) is 0 Å². The van der Waals surface area contributed by atoms with Crippen LogP contribution in [-0.4, -0.2) is 37.1 Å². The first-order chi connectivity index (χ1) is 10.1. The first kappa shape index (κ1) is 17.3. The molecular formula is C19H38N2. The summed E-state index contributed by atoms with van der Waals surface area (Å²) in [6, 6.07) is 0.827. The molecule has 1 N–H and O–H groups in total. The average molecular weight is 295 g/mol. The van der Waals surface area contributed by atoms with Gasteiger partial charge in [-0.3, -0.25) is 0 Å². The molecule has 124 valence electrons. The predicted molar refractivity (Wildman–Crippen MR) is 92.7 cm³/mol. The number of hydrogen-bond donors (Lipinski definition) is 1. The summed E-state index contributed by atoms with van der Waals surface area (Å²) < 4.78 is 0. The van der Waals surface area contributed by atoms with Gasteiger partial charge in [-0.05, 0) is 76.0 Å². The van der Waals surface area contributed by atoms with Gasteiger partial charge in [0.05, 0.1) is 0 Å². The second-order valence-electron chi connectivity index (χ2n) is 8.48. The van der Waals surface area contributed by atoms with E-state index in [1.54, 1.807) is 0 Å². The van der Waals surface area contributed by atoms with Crippen LogP contribution in [0.25, 0.3) is 0 Å². The smallest absolute Gasteiger partial charge is 0.00670 e. The van der Waals surface area contributed by atoms with Crippen LogP contribution < -0.4 is 5.32 Å². The maximum atomic E-state index is 3.78. The van der Waals surface area contributed by atoms with E-state index in [1.807, 2.05) is 0 Å². The van der Waals surface area contributed by atoms with Crippen molar-refractivity contribution in [2.24, 2.45) is 11.3 Å². The molecule has 1 saturated carbocycles. The Bertz CT molecular complexity index is 276. The van der Waals surface area contributed by atoms with Crippen molar-refractivity contribution in [2.75, 3.05) is 26.2 Å². The first-order valence-electron chi connectivity index (χ1n) is 9.51. The molecule has 0 amide bonds. The number of rotatable bonds is 5. The Hall–Kier alpha value is -0.0800. The van der Waals surface area contributed by atoms with E-state index >= 15 is 0 Å². The molecule has 1 heterocycles. The van der Waals surface area contributed by atoms with Crippen LogP contribution in [0.3, 0.4) is 0 Å². The van der Waals surface area contributed by atoms with Gasteiger partial charge in [-0.15, -0.1) is 0 Å². The zero-order valence-electron chi connectivity index (χ0n) is 14.8. The molecule has 2 fully saturated rings. The minimum atomic E-state index is 0.499. The Morgan fingerprint density at radius 1 is 0.905 bits per heavy atom. The lowest BCUT2D eigenvalue weighted by Crippen LogP contribution is -2.34.